The maximum Gasteiger partial charge on any atom is 0.0971 e. The van der Waals surface area contributed by atoms with Crippen molar-refractivity contribution in [3.63, 3.8) is 0 Å². The molecule has 2 N–H and O–H groups in total. The van der Waals surface area contributed by atoms with Crippen molar-refractivity contribution in [1.82, 2.24) is 14.9 Å². The van der Waals surface area contributed by atoms with Crippen molar-refractivity contribution in [2.24, 2.45) is 4.99 Å². The molecule has 0 aromatic heterocycles. The Balaban J connectivity index is 1.65. The fraction of sp³-hybridized carbons (Fsp3) is 0.467. The van der Waals surface area contributed by atoms with E-state index in [1.54, 1.807) is 17.8 Å². The molecule has 0 radical (unpaired) electrons. The van der Waals surface area contributed by atoms with Crippen LogP contribution in [0.25, 0.3) is 4.91 Å². The fourth-order valence-electron chi connectivity index (χ4n) is 4.58. The molecule has 1 aromatic carbocycles. The van der Waals surface area contributed by atoms with Gasteiger partial charge >= 0.3 is 0 Å². The first kappa shape index (κ1) is 30.4. The number of rotatable bonds is 15. The molecule has 1 aliphatic heterocycles. The van der Waals surface area contributed by atoms with E-state index >= 15 is 0 Å². The molecule has 1 unspecified atom stereocenters. The first-order valence-electron chi connectivity index (χ1n) is 13.3. The van der Waals surface area contributed by atoms with E-state index in [1.807, 2.05) is 44.1 Å². The molecule has 0 amide bonds. The zero-order chi connectivity index (χ0) is 27.2. The summed E-state index contributed by atoms with van der Waals surface area (Å²) in [4.78, 5) is 7.74. The van der Waals surface area contributed by atoms with E-state index in [4.69, 9.17) is 4.74 Å². The van der Waals surface area contributed by atoms with Gasteiger partial charge in [-0.05, 0) is 61.7 Å². The number of hydrogen-bond donors (Lipinski definition) is 2. The Kier molecular flexibility index (Phi) is 13.4. The van der Waals surface area contributed by atoms with Crippen LogP contribution < -0.4 is 10.0 Å². The molecular weight excluding hydrogens is 510 g/mol. The number of ether oxygens (including phenoxy) is 1. The van der Waals surface area contributed by atoms with Crippen molar-refractivity contribution in [3.05, 3.63) is 77.0 Å². The van der Waals surface area contributed by atoms with Gasteiger partial charge in [0.05, 0.1) is 24.4 Å². The predicted molar refractivity (Wildman–Crippen MR) is 165 cm³/mol. The number of thioether (sulfide) groups is 1. The van der Waals surface area contributed by atoms with Crippen LogP contribution in [-0.2, 0) is 11.2 Å². The van der Waals surface area contributed by atoms with Crippen molar-refractivity contribution in [2.45, 2.75) is 38.8 Å². The summed E-state index contributed by atoms with van der Waals surface area (Å²) >= 11 is 3.55. The molecule has 1 saturated heterocycles. The van der Waals surface area contributed by atoms with E-state index in [9.17, 15) is 5.26 Å². The van der Waals surface area contributed by atoms with Crippen LogP contribution >= 0.6 is 23.7 Å². The second kappa shape index (κ2) is 16.8. The van der Waals surface area contributed by atoms with Gasteiger partial charge < -0.3 is 10.1 Å². The summed E-state index contributed by atoms with van der Waals surface area (Å²) in [5.41, 5.74) is 5.61. The van der Waals surface area contributed by atoms with E-state index in [-0.39, 0.29) is 6.10 Å². The molecule has 0 bridgehead atoms. The third-order valence-electron chi connectivity index (χ3n) is 6.49. The van der Waals surface area contributed by atoms with Crippen LogP contribution in [0.4, 0.5) is 0 Å². The van der Waals surface area contributed by atoms with E-state index in [0.29, 0.717) is 24.0 Å². The van der Waals surface area contributed by atoms with Crippen molar-refractivity contribution in [1.29, 1.82) is 5.26 Å². The average Bonchev–Trinajstić information content (AvgIpc) is 3.35. The lowest BCUT2D eigenvalue weighted by atomic mass is 10.0. The Morgan fingerprint density at radius 1 is 1.37 bits per heavy atom. The highest BCUT2D eigenvalue weighted by atomic mass is 32.2. The first-order chi connectivity index (χ1) is 18.5. The highest BCUT2D eigenvalue weighted by Gasteiger charge is 2.25. The molecule has 1 heterocycles. The molecule has 2 aliphatic rings. The number of piperazine rings is 1. The van der Waals surface area contributed by atoms with Gasteiger partial charge in [-0.15, -0.1) is 11.8 Å². The summed E-state index contributed by atoms with van der Waals surface area (Å²) in [6.45, 7) is 17.4. The highest BCUT2D eigenvalue weighted by molar-refractivity contribution is 8.08. The molecule has 1 fully saturated rings. The number of benzene rings is 1. The van der Waals surface area contributed by atoms with Crippen molar-refractivity contribution < 1.29 is 4.74 Å². The zero-order valence-electron chi connectivity index (χ0n) is 22.7. The minimum atomic E-state index is 0.0743. The predicted octanol–water partition coefficient (Wildman–Crippen LogP) is 5.54. The van der Waals surface area contributed by atoms with Gasteiger partial charge in [-0.25, -0.2) is 0 Å². The van der Waals surface area contributed by atoms with E-state index in [1.165, 1.54) is 16.7 Å². The van der Waals surface area contributed by atoms with Gasteiger partial charge in [0.1, 0.15) is 0 Å². The third-order valence-corrected chi connectivity index (χ3v) is 8.44. The number of nitrogens with zero attached hydrogens (tertiary/aromatic N) is 3. The van der Waals surface area contributed by atoms with Crippen LogP contribution in [0.15, 0.2) is 65.3 Å². The quantitative estimate of drug-likeness (QED) is 0.0975. The lowest BCUT2D eigenvalue weighted by Gasteiger charge is -2.27. The van der Waals surface area contributed by atoms with Crippen LogP contribution in [-0.4, -0.2) is 68.6 Å². The second-order valence-corrected chi connectivity index (χ2v) is 11.6. The third kappa shape index (κ3) is 9.57. The Bertz CT molecular complexity index is 1070. The molecule has 1 aliphatic carbocycles. The molecule has 0 saturated carbocycles. The Morgan fingerprint density at radius 2 is 2.18 bits per heavy atom. The Labute approximate surface area is 237 Å². The van der Waals surface area contributed by atoms with Crippen LogP contribution in [0.5, 0.6) is 0 Å². The minimum Gasteiger partial charge on any atom is -0.373 e. The monoisotopic (exact) mass is 551 g/mol. The normalized spacial score (nSPS) is 18.9. The van der Waals surface area contributed by atoms with Gasteiger partial charge in [0.2, 0.25) is 0 Å². The summed E-state index contributed by atoms with van der Waals surface area (Å²) in [6.07, 6.45) is 9.68. The molecule has 38 heavy (non-hydrogen) atoms. The Hall–Kier alpha value is -2.12. The number of allylic oxidation sites excluding steroid dienone is 3. The minimum absolute atomic E-state index is 0.0743. The largest absolute Gasteiger partial charge is 0.373 e. The number of nitriles is 1. The molecule has 204 valence electrons. The van der Waals surface area contributed by atoms with Gasteiger partial charge in [-0.2, -0.15) is 5.26 Å². The SMILES string of the molecule is C=C/C=C(\C=C(\C#N)COC(C)C)CS/C(=C\N=C)c1cccc2c1CCC2NSCCN1CCNCC1. The molecule has 1 atom stereocenters. The van der Waals surface area contributed by atoms with Crippen molar-refractivity contribution in [3.8, 4) is 6.07 Å². The standard InChI is InChI=1S/C30H41N5OS2/c1-5-7-24(18-25(19-31)21-36-23(2)3)22-37-30(20-32-4)28-9-6-8-27-26(28)10-11-29(27)34-38-17-16-35-14-12-33-13-15-35/h5-9,18,20,23,29,33-34H,1,4,10-17,21-22H2,2-3H3/b24-7+,25-18-,30-20-. The van der Waals surface area contributed by atoms with E-state index in [2.05, 4.69) is 57.5 Å². The maximum atomic E-state index is 9.56. The van der Waals surface area contributed by atoms with Crippen LogP contribution in [0.3, 0.4) is 0 Å². The molecule has 6 nitrogen and oxygen atoms in total. The summed E-state index contributed by atoms with van der Waals surface area (Å²) in [6, 6.07) is 9.21. The Morgan fingerprint density at radius 3 is 2.89 bits per heavy atom. The van der Waals surface area contributed by atoms with E-state index < -0.39 is 0 Å². The van der Waals surface area contributed by atoms with Crippen LogP contribution in [0, 0.1) is 11.3 Å². The lowest BCUT2D eigenvalue weighted by molar-refractivity contribution is 0.0992. The maximum absolute atomic E-state index is 9.56. The van der Waals surface area contributed by atoms with E-state index in [0.717, 1.165) is 61.8 Å². The number of nitrogens with one attached hydrogen (secondary N) is 2. The van der Waals surface area contributed by atoms with Crippen molar-refractivity contribution >= 4 is 35.3 Å². The van der Waals surface area contributed by atoms with Crippen molar-refractivity contribution in [2.75, 3.05) is 50.8 Å². The smallest absolute Gasteiger partial charge is 0.0971 e. The lowest BCUT2D eigenvalue weighted by Crippen LogP contribution is -2.44. The summed E-state index contributed by atoms with van der Waals surface area (Å²) in [7, 11) is 0. The van der Waals surface area contributed by atoms with Crippen LogP contribution in [0.2, 0.25) is 0 Å². The van der Waals surface area contributed by atoms with Gasteiger partial charge in [-0.3, -0.25) is 14.6 Å². The van der Waals surface area contributed by atoms with Crippen LogP contribution in [0.1, 0.15) is 43.0 Å². The average molecular weight is 552 g/mol. The molecular formula is C30H41N5OS2. The summed E-state index contributed by atoms with van der Waals surface area (Å²) in [5.74, 6) is 1.78. The molecule has 3 rings (SSSR count). The van der Waals surface area contributed by atoms with Gasteiger partial charge in [-0.1, -0.05) is 48.9 Å². The number of aliphatic imine (C=N–C) groups is 1. The van der Waals surface area contributed by atoms with Gasteiger partial charge in [0.15, 0.2) is 0 Å². The first-order valence-corrected chi connectivity index (χ1v) is 15.3. The summed E-state index contributed by atoms with van der Waals surface area (Å²) in [5, 5.41) is 13.0. The van der Waals surface area contributed by atoms with Gasteiger partial charge in [0, 0.05) is 61.4 Å². The molecule has 0 spiro atoms. The number of hydrogen-bond acceptors (Lipinski definition) is 8. The topological polar surface area (TPSA) is 72.7 Å². The number of fused-ring (bicyclic) bond motifs is 1. The zero-order valence-corrected chi connectivity index (χ0v) is 24.4. The fourth-order valence-corrected chi connectivity index (χ4v) is 6.49. The summed E-state index contributed by atoms with van der Waals surface area (Å²) < 4.78 is 9.37. The second-order valence-electron chi connectivity index (χ2n) is 9.61. The molecule has 1 aromatic rings. The highest BCUT2D eigenvalue weighted by Crippen LogP contribution is 2.40. The van der Waals surface area contributed by atoms with Gasteiger partial charge in [0.25, 0.3) is 0 Å². The molecule has 8 heteroatoms.